The van der Waals surface area contributed by atoms with Gasteiger partial charge in [0, 0.05) is 12.6 Å². The molecule has 0 radical (unpaired) electrons. The van der Waals surface area contributed by atoms with Gasteiger partial charge < -0.3 is 4.42 Å². The summed E-state index contributed by atoms with van der Waals surface area (Å²) in [5, 5.41) is 0.381. The summed E-state index contributed by atoms with van der Waals surface area (Å²) in [4.78, 5) is 8.44. The third-order valence-electron chi connectivity index (χ3n) is 5.07. The van der Waals surface area contributed by atoms with Crippen LogP contribution in [0.2, 0.25) is 5.15 Å². The molecule has 0 bridgehead atoms. The van der Waals surface area contributed by atoms with Crippen molar-refractivity contribution in [2.24, 2.45) is 0 Å². The molecule has 0 saturated heterocycles. The van der Waals surface area contributed by atoms with Crippen molar-refractivity contribution in [2.45, 2.75) is 37.0 Å². The fourth-order valence-corrected chi connectivity index (χ4v) is 4.52. The fourth-order valence-electron chi connectivity index (χ4n) is 3.02. The lowest BCUT2D eigenvalue weighted by Crippen LogP contribution is -2.09. The quantitative estimate of drug-likeness (QED) is 0.182. The van der Waals surface area contributed by atoms with Crippen molar-refractivity contribution < 1.29 is 30.0 Å². The van der Waals surface area contributed by atoms with Gasteiger partial charge in [0.2, 0.25) is 5.89 Å². The van der Waals surface area contributed by atoms with E-state index in [9.17, 15) is 16.8 Å². The SMILES string of the molecule is Cc1ccc(S(=O)(=O)O)cc1.Cc1ccc(S(=O)(=O)OCCc2nc(-c3ccc(Cl)nc3)oc2C)cc1. The average molecular weight is 565 g/mol. The Morgan fingerprint density at radius 1 is 0.865 bits per heavy atom. The number of hydrogen-bond donors (Lipinski definition) is 1. The van der Waals surface area contributed by atoms with Crippen LogP contribution < -0.4 is 0 Å². The molecule has 0 spiro atoms. The average Bonchev–Trinajstić information content (AvgIpc) is 3.20. The lowest BCUT2D eigenvalue weighted by Gasteiger charge is -2.05. The number of halogens is 1. The first-order valence-electron chi connectivity index (χ1n) is 10.9. The van der Waals surface area contributed by atoms with E-state index in [-0.39, 0.29) is 16.4 Å². The summed E-state index contributed by atoms with van der Waals surface area (Å²) in [6, 6.07) is 15.9. The predicted octanol–water partition coefficient (Wildman–Crippen LogP) is 5.20. The molecular weight excluding hydrogens is 540 g/mol. The van der Waals surface area contributed by atoms with Crippen molar-refractivity contribution >= 4 is 31.8 Å². The molecule has 196 valence electrons. The van der Waals surface area contributed by atoms with E-state index in [2.05, 4.69) is 9.97 Å². The molecule has 0 aliphatic rings. The molecule has 12 heteroatoms. The van der Waals surface area contributed by atoms with E-state index in [0.29, 0.717) is 34.5 Å². The molecule has 2 aromatic heterocycles. The molecule has 0 atom stereocenters. The highest BCUT2D eigenvalue weighted by Gasteiger charge is 2.17. The summed E-state index contributed by atoms with van der Waals surface area (Å²) < 4.78 is 64.7. The van der Waals surface area contributed by atoms with E-state index in [1.54, 1.807) is 49.5 Å². The van der Waals surface area contributed by atoms with E-state index in [1.165, 1.54) is 24.3 Å². The zero-order valence-electron chi connectivity index (χ0n) is 20.3. The molecule has 4 rings (SSSR count). The Balaban J connectivity index is 0.000000289. The zero-order chi connectivity index (χ0) is 27.2. The summed E-state index contributed by atoms with van der Waals surface area (Å²) in [7, 11) is -7.81. The molecule has 0 amide bonds. The Morgan fingerprint density at radius 3 is 1.95 bits per heavy atom. The third kappa shape index (κ3) is 8.20. The van der Waals surface area contributed by atoms with Crippen LogP contribution in [0, 0.1) is 20.8 Å². The van der Waals surface area contributed by atoms with Gasteiger partial charge in [0.15, 0.2) is 0 Å². The van der Waals surface area contributed by atoms with Crippen LogP contribution in [-0.2, 0) is 30.8 Å². The number of pyridine rings is 1. The number of aryl methyl sites for hydroxylation is 3. The number of hydrogen-bond acceptors (Lipinski definition) is 8. The lowest BCUT2D eigenvalue weighted by atomic mass is 10.2. The highest BCUT2D eigenvalue weighted by Crippen LogP contribution is 2.23. The summed E-state index contributed by atoms with van der Waals surface area (Å²) in [6.45, 7) is 5.47. The van der Waals surface area contributed by atoms with Crippen molar-refractivity contribution in [1.82, 2.24) is 9.97 Å². The van der Waals surface area contributed by atoms with Gasteiger partial charge in [-0.1, -0.05) is 47.0 Å². The Kier molecular flexibility index (Phi) is 9.21. The second-order valence-electron chi connectivity index (χ2n) is 8.02. The number of benzene rings is 2. The predicted molar refractivity (Wildman–Crippen MR) is 138 cm³/mol. The van der Waals surface area contributed by atoms with E-state index in [0.717, 1.165) is 11.1 Å². The Labute approximate surface area is 221 Å². The second-order valence-corrected chi connectivity index (χ2v) is 11.4. The van der Waals surface area contributed by atoms with Crippen molar-refractivity contribution in [3.05, 3.63) is 94.6 Å². The lowest BCUT2D eigenvalue weighted by molar-refractivity contribution is 0.320. The maximum atomic E-state index is 12.2. The highest BCUT2D eigenvalue weighted by atomic mass is 35.5. The second kappa shape index (κ2) is 12.0. The maximum absolute atomic E-state index is 12.2. The van der Waals surface area contributed by atoms with Gasteiger partial charge in [-0.15, -0.1) is 0 Å². The normalized spacial score (nSPS) is 11.6. The molecule has 4 aromatic rings. The molecule has 37 heavy (non-hydrogen) atoms. The summed E-state index contributed by atoms with van der Waals surface area (Å²) in [5.41, 5.74) is 3.26. The van der Waals surface area contributed by atoms with Crippen LogP contribution in [0.25, 0.3) is 11.5 Å². The molecule has 0 aliphatic heterocycles. The molecule has 0 aliphatic carbocycles. The molecule has 2 aromatic carbocycles. The van der Waals surface area contributed by atoms with Crippen LogP contribution in [0.5, 0.6) is 0 Å². The fraction of sp³-hybridized carbons (Fsp3) is 0.200. The molecule has 1 N–H and O–H groups in total. The number of rotatable bonds is 7. The Morgan fingerprint density at radius 2 is 1.43 bits per heavy atom. The van der Waals surface area contributed by atoms with Crippen LogP contribution in [0.1, 0.15) is 22.6 Å². The zero-order valence-corrected chi connectivity index (χ0v) is 22.6. The van der Waals surface area contributed by atoms with E-state index in [4.69, 9.17) is 24.8 Å². The molecule has 9 nitrogen and oxygen atoms in total. The largest absolute Gasteiger partial charge is 0.441 e. The monoisotopic (exact) mass is 564 g/mol. The van der Waals surface area contributed by atoms with Gasteiger partial charge in [-0.05, 0) is 57.2 Å². The minimum atomic E-state index is -4.02. The standard InChI is InChI=1S/C18H17ClN2O4S.C7H8O3S/c1-12-3-6-15(7-4-12)26(22,23)24-10-9-16-13(2)25-18(21-16)14-5-8-17(19)20-11-14;1-6-2-4-7(5-3-6)11(8,9)10/h3-8,11H,9-10H2,1-2H3;2-5H,1H3,(H,8,9,10). The van der Waals surface area contributed by atoms with Gasteiger partial charge in [0.25, 0.3) is 20.2 Å². The van der Waals surface area contributed by atoms with Crippen LogP contribution in [0.4, 0.5) is 0 Å². The van der Waals surface area contributed by atoms with Crippen molar-refractivity contribution in [3.8, 4) is 11.5 Å². The molecule has 0 fully saturated rings. The van der Waals surface area contributed by atoms with E-state index >= 15 is 0 Å². The summed E-state index contributed by atoms with van der Waals surface area (Å²) in [5.74, 6) is 1.01. The highest BCUT2D eigenvalue weighted by molar-refractivity contribution is 7.86. The van der Waals surface area contributed by atoms with Crippen molar-refractivity contribution in [2.75, 3.05) is 6.61 Å². The van der Waals surface area contributed by atoms with Crippen LogP contribution in [-0.4, -0.2) is 38.0 Å². The van der Waals surface area contributed by atoms with Gasteiger partial charge in [-0.25, -0.2) is 9.97 Å². The van der Waals surface area contributed by atoms with Crippen LogP contribution in [0.15, 0.2) is 81.1 Å². The maximum Gasteiger partial charge on any atom is 0.296 e. The smallest absolute Gasteiger partial charge is 0.296 e. The molecular formula is C25H25ClN2O7S2. The molecule has 2 heterocycles. The first-order valence-corrected chi connectivity index (χ1v) is 14.2. The minimum absolute atomic E-state index is 0.0259. The first-order chi connectivity index (χ1) is 17.3. The van der Waals surface area contributed by atoms with Gasteiger partial charge in [0.1, 0.15) is 10.9 Å². The minimum Gasteiger partial charge on any atom is -0.441 e. The topological polar surface area (TPSA) is 137 Å². The van der Waals surface area contributed by atoms with Gasteiger partial charge in [0.05, 0.1) is 27.7 Å². The molecule has 0 unspecified atom stereocenters. The first kappa shape index (κ1) is 28.5. The Hall–Kier alpha value is -3.09. The van der Waals surface area contributed by atoms with Gasteiger partial charge >= 0.3 is 0 Å². The Bertz CT molecular complexity index is 1550. The van der Waals surface area contributed by atoms with Crippen molar-refractivity contribution in [1.29, 1.82) is 0 Å². The number of aromatic nitrogens is 2. The van der Waals surface area contributed by atoms with Crippen molar-refractivity contribution in [3.63, 3.8) is 0 Å². The third-order valence-corrected chi connectivity index (χ3v) is 7.49. The summed E-state index contributed by atoms with van der Waals surface area (Å²) >= 11 is 5.77. The van der Waals surface area contributed by atoms with Crippen LogP contribution in [0.3, 0.4) is 0 Å². The van der Waals surface area contributed by atoms with Crippen LogP contribution >= 0.6 is 11.6 Å². The van der Waals surface area contributed by atoms with Gasteiger partial charge in [-0.3, -0.25) is 8.74 Å². The van der Waals surface area contributed by atoms with Gasteiger partial charge in [-0.2, -0.15) is 16.8 Å². The number of oxazole rings is 1. The molecule has 0 saturated carbocycles. The van der Waals surface area contributed by atoms with E-state index < -0.39 is 20.2 Å². The number of nitrogens with zero attached hydrogens (tertiary/aromatic N) is 2. The van der Waals surface area contributed by atoms with E-state index in [1.807, 2.05) is 13.8 Å². The summed E-state index contributed by atoms with van der Waals surface area (Å²) in [6.07, 6.45) is 1.87.